The van der Waals surface area contributed by atoms with E-state index in [1.165, 1.54) is 10.5 Å². The Kier molecular flexibility index (Phi) is 5.64. The molecule has 0 atom stereocenters. The van der Waals surface area contributed by atoms with Gasteiger partial charge in [-0.25, -0.2) is 5.84 Å². The van der Waals surface area contributed by atoms with E-state index in [1.807, 2.05) is 36.4 Å². The summed E-state index contributed by atoms with van der Waals surface area (Å²) < 4.78 is 1.09. The van der Waals surface area contributed by atoms with Gasteiger partial charge in [-0.1, -0.05) is 40.2 Å². The Balaban J connectivity index is 1.90. The van der Waals surface area contributed by atoms with Crippen LogP contribution in [0.25, 0.3) is 0 Å². The Morgan fingerprint density at radius 3 is 2.25 bits per heavy atom. The molecule has 2 aromatic rings. The molecule has 0 bridgehead atoms. The maximum atomic E-state index is 11.2. The number of hydrogen-bond acceptors (Lipinski definition) is 3. The van der Waals surface area contributed by atoms with Gasteiger partial charge in [-0.2, -0.15) is 0 Å². The molecule has 0 aliphatic rings. The van der Waals surface area contributed by atoms with Gasteiger partial charge in [0, 0.05) is 15.1 Å². The lowest BCUT2D eigenvalue weighted by atomic mass is 10.1. The van der Waals surface area contributed by atoms with E-state index < -0.39 is 0 Å². The highest BCUT2D eigenvalue weighted by Crippen LogP contribution is 2.24. The molecule has 0 saturated carbocycles. The predicted octanol–water partition coefficient (Wildman–Crippen LogP) is 3.27. The molecule has 3 N–H and O–H groups in total. The molecule has 0 heterocycles. The Labute approximate surface area is 131 Å². The molecular weight excluding hydrogens is 336 g/mol. The highest BCUT2D eigenvalue weighted by atomic mass is 79.9. The third-order valence-corrected chi connectivity index (χ3v) is 4.38. The van der Waals surface area contributed by atoms with E-state index in [4.69, 9.17) is 5.84 Å². The van der Waals surface area contributed by atoms with Crippen molar-refractivity contribution in [2.75, 3.05) is 0 Å². The number of nitrogens with two attached hydrogens (primary N) is 1. The number of carbonyl (C=O) groups excluding carboxylic acids is 1. The zero-order valence-corrected chi connectivity index (χ0v) is 13.2. The molecule has 0 aromatic heterocycles. The van der Waals surface area contributed by atoms with Gasteiger partial charge >= 0.3 is 0 Å². The van der Waals surface area contributed by atoms with Crippen LogP contribution in [0.3, 0.4) is 0 Å². The van der Waals surface area contributed by atoms with E-state index in [1.54, 1.807) is 11.8 Å². The second-order valence-electron chi connectivity index (χ2n) is 4.30. The highest BCUT2D eigenvalue weighted by Gasteiger charge is 2.02. The van der Waals surface area contributed by atoms with Crippen molar-refractivity contribution in [1.82, 2.24) is 5.43 Å². The number of nitrogens with one attached hydrogen (secondary N) is 1. The number of thioether (sulfide) groups is 1. The van der Waals surface area contributed by atoms with Crippen LogP contribution < -0.4 is 11.3 Å². The van der Waals surface area contributed by atoms with Crippen LogP contribution in [-0.4, -0.2) is 5.91 Å². The standard InChI is InChI=1S/C15H15BrN2OS/c16-13-5-7-14(8-6-13)20-10-12-3-1-11(2-4-12)9-15(19)18-17/h1-8H,9-10,17H2,(H,18,19). The van der Waals surface area contributed by atoms with Crippen molar-refractivity contribution in [2.45, 2.75) is 17.1 Å². The molecule has 5 heteroatoms. The van der Waals surface area contributed by atoms with Crippen molar-refractivity contribution < 1.29 is 4.79 Å². The van der Waals surface area contributed by atoms with Crippen LogP contribution in [0.1, 0.15) is 11.1 Å². The third kappa shape index (κ3) is 4.67. The summed E-state index contributed by atoms with van der Waals surface area (Å²) in [5.41, 5.74) is 4.33. The summed E-state index contributed by atoms with van der Waals surface area (Å²) in [6, 6.07) is 16.3. The molecule has 0 spiro atoms. The minimum absolute atomic E-state index is 0.179. The highest BCUT2D eigenvalue weighted by molar-refractivity contribution is 9.10. The fourth-order valence-corrected chi connectivity index (χ4v) is 2.81. The summed E-state index contributed by atoms with van der Waals surface area (Å²) in [5.74, 6) is 5.80. The van der Waals surface area contributed by atoms with E-state index in [-0.39, 0.29) is 5.91 Å². The van der Waals surface area contributed by atoms with E-state index in [0.29, 0.717) is 6.42 Å². The normalized spacial score (nSPS) is 10.3. The molecule has 2 aromatic carbocycles. The molecule has 20 heavy (non-hydrogen) atoms. The number of hydrazine groups is 1. The van der Waals surface area contributed by atoms with Crippen LogP contribution in [0, 0.1) is 0 Å². The molecule has 0 unspecified atom stereocenters. The second-order valence-corrected chi connectivity index (χ2v) is 6.27. The van der Waals surface area contributed by atoms with Crippen molar-refractivity contribution >= 4 is 33.6 Å². The van der Waals surface area contributed by atoms with Gasteiger partial charge in [-0.15, -0.1) is 11.8 Å². The summed E-state index contributed by atoms with van der Waals surface area (Å²) in [6.07, 6.45) is 0.316. The van der Waals surface area contributed by atoms with Gasteiger partial charge in [-0.3, -0.25) is 10.2 Å². The van der Waals surface area contributed by atoms with Gasteiger partial charge < -0.3 is 0 Å². The first-order valence-electron chi connectivity index (χ1n) is 6.13. The number of amides is 1. The maximum absolute atomic E-state index is 11.2. The van der Waals surface area contributed by atoms with Crippen LogP contribution >= 0.6 is 27.7 Å². The number of benzene rings is 2. The van der Waals surface area contributed by atoms with E-state index in [9.17, 15) is 4.79 Å². The Morgan fingerprint density at radius 1 is 1.05 bits per heavy atom. The summed E-state index contributed by atoms with van der Waals surface area (Å²) in [4.78, 5) is 12.4. The first kappa shape index (κ1) is 15.1. The van der Waals surface area contributed by atoms with Crippen molar-refractivity contribution in [1.29, 1.82) is 0 Å². The molecule has 1 amide bonds. The first-order valence-corrected chi connectivity index (χ1v) is 7.91. The summed E-state index contributed by atoms with van der Waals surface area (Å²) in [6.45, 7) is 0. The van der Waals surface area contributed by atoms with Gasteiger partial charge in [0.1, 0.15) is 0 Å². The SMILES string of the molecule is NNC(=O)Cc1ccc(CSc2ccc(Br)cc2)cc1. The van der Waals surface area contributed by atoms with Gasteiger partial charge in [-0.05, 0) is 35.4 Å². The Hall–Kier alpha value is -1.30. The molecule has 0 fully saturated rings. The lowest BCUT2D eigenvalue weighted by Gasteiger charge is -2.04. The van der Waals surface area contributed by atoms with Crippen LogP contribution in [0.5, 0.6) is 0 Å². The van der Waals surface area contributed by atoms with Crippen LogP contribution in [0.4, 0.5) is 0 Å². The molecular formula is C15H15BrN2OS. The average Bonchev–Trinajstić information content (AvgIpc) is 2.48. The number of hydrogen-bond donors (Lipinski definition) is 2. The molecule has 0 radical (unpaired) electrons. The van der Waals surface area contributed by atoms with Gasteiger partial charge in [0.15, 0.2) is 0 Å². The van der Waals surface area contributed by atoms with E-state index in [2.05, 4.69) is 33.5 Å². The quantitative estimate of drug-likeness (QED) is 0.376. The minimum atomic E-state index is -0.179. The van der Waals surface area contributed by atoms with Crippen molar-refractivity contribution in [2.24, 2.45) is 5.84 Å². The zero-order chi connectivity index (χ0) is 14.4. The Bertz CT molecular complexity index is 569. The van der Waals surface area contributed by atoms with Crippen molar-refractivity contribution in [3.05, 3.63) is 64.1 Å². The van der Waals surface area contributed by atoms with Crippen LogP contribution in [0.2, 0.25) is 0 Å². The topological polar surface area (TPSA) is 55.1 Å². The number of rotatable bonds is 5. The smallest absolute Gasteiger partial charge is 0.238 e. The molecule has 0 aliphatic carbocycles. The predicted molar refractivity (Wildman–Crippen MR) is 86.2 cm³/mol. The van der Waals surface area contributed by atoms with E-state index >= 15 is 0 Å². The lowest BCUT2D eigenvalue weighted by molar-refractivity contribution is -0.120. The summed E-state index contributed by atoms with van der Waals surface area (Å²) in [5, 5.41) is 0. The molecule has 3 nitrogen and oxygen atoms in total. The second kappa shape index (κ2) is 7.47. The first-order chi connectivity index (χ1) is 9.67. The monoisotopic (exact) mass is 350 g/mol. The average molecular weight is 351 g/mol. The zero-order valence-electron chi connectivity index (χ0n) is 10.8. The molecule has 0 saturated heterocycles. The minimum Gasteiger partial charge on any atom is -0.294 e. The number of carbonyl (C=O) groups is 1. The lowest BCUT2D eigenvalue weighted by Crippen LogP contribution is -2.31. The Morgan fingerprint density at radius 2 is 1.65 bits per heavy atom. The molecule has 2 rings (SSSR count). The van der Waals surface area contributed by atoms with Gasteiger partial charge in [0.2, 0.25) is 5.91 Å². The van der Waals surface area contributed by atoms with Crippen LogP contribution in [-0.2, 0) is 17.0 Å². The van der Waals surface area contributed by atoms with Crippen molar-refractivity contribution in [3.63, 3.8) is 0 Å². The molecule has 104 valence electrons. The van der Waals surface area contributed by atoms with E-state index in [0.717, 1.165) is 15.8 Å². The third-order valence-electron chi connectivity index (χ3n) is 2.77. The van der Waals surface area contributed by atoms with Crippen molar-refractivity contribution in [3.8, 4) is 0 Å². The largest absolute Gasteiger partial charge is 0.294 e. The molecule has 0 aliphatic heterocycles. The summed E-state index contributed by atoms with van der Waals surface area (Å²) in [7, 11) is 0. The fourth-order valence-electron chi connectivity index (χ4n) is 1.69. The summed E-state index contributed by atoms with van der Waals surface area (Å²) >= 11 is 5.21. The van der Waals surface area contributed by atoms with Gasteiger partial charge in [0.25, 0.3) is 0 Å². The fraction of sp³-hybridized carbons (Fsp3) is 0.133. The van der Waals surface area contributed by atoms with Crippen LogP contribution in [0.15, 0.2) is 57.9 Å². The number of halogens is 1. The van der Waals surface area contributed by atoms with Gasteiger partial charge in [0.05, 0.1) is 6.42 Å². The maximum Gasteiger partial charge on any atom is 0.238 e.